The minimum absolute atomic E-state index is 0.563. The summed E-state index contributed by atoms with van der Waals surface area (Å²) in [6, 6.07) is -1.23. The van der Waals surface area contributed by atoms with Gasteiger partial charge in [-0.15, -0.1) is 0 Å². The highest BCUT2D eigenvalue weighted by Gasteiger charge is 2.22. The van der Waals surface area contributed by atoms with Gasteiger partial charge in [-0.25, -0.2) is 5.43 Å². The highest BCUT2D eigenvalue weighted by molar-refractivity contribution is 5.86. The van der Waals surface area contributed by atoms with Crippen LogP contribution in [0.4, 0.5) is 0 Å². The summed E-state index contributed by atoms with van der Waals surface area (Å²) in [6.45, 7) is 4.46. The molecule has 74 valence electrons. The molecule has 0 spiro atoms. The first-order chi connectivity index (χ1) is 5.99. The third kappa shape index (κ3) is 4.24. The van der Waals surface area contributed by atoms with E-state index in [1.807, 2.05) is 5.43 Å². The zero-order chi connectivity index (χ0) is 10.4. The predicted molar refractivity (Wildman–Crippen MR) is 44.6 cm³/mol. The molecule has 0 aromatic carbocycles. The Morgan fingerprint density at radius 1 is 1.54 bits per heavy atom. The number of nitrogens with one attached hydrogen (secondary N) is 2. The fourth-order valence-corrected chi connectivity index (χ4v) is 0.589. The number of amides is 1. The molecule has 0 saturated carbocycles. The molecule has 6 nitrogen and oxygen atoms in total. The second-order valence-electron chi connectivity index (χ2n) is 2.39. The van der Waals surface area contributed by atoms with Gasteiger partial charge in [0.05, 0.1) is 6.10 Å². The molecule has 13 heavy (non-hydrogen) atoms. The Kier molecular flexibility index (Phi) is 4.71. The van der Waals surface area contributed by atoms with Crippen LogP contribution in [0.3, 0.4) is 0 Å². The van der Waals surface area contributed by atoms with Gasteiger partial charge < -0.3 is 10.2 Å². The number of carboxylic acid groups (broad SMARTS) is 1. The van der Waals surface area contributed by atoms with Gasteiger partial charge in [0.1, 0.15) is 6.04 Å². The van der Waals surface area contributed by atoms with Gasteiger partial charge in [0.15, 0.2) is 0 Å². The second-order valence-corrected chi connectivity index (χ2v) is 2.39. The van der Waals surface area contributed by atoms with Gasteiger partial charge >= 0.3 is 5.97 Å². The second kappa shape index (κ2) is 5.28. The Labute approximate surface area is 75.2 Å². The molecule has 0 aliphatic heterocycles. The van der Waals surface area contributed by atoms with Crippen LogP contribution in [-0.2, 0) is 9.59 Å². The Bertz CT molecular complexity index is 215. The summed E-state index contributed by atoms with van der Waals surface area (Å²) in [7, 11) is 0. The normalized spacial score (nSPS) is 14.3. The lowest BCUT2D eigenvalue weighted by atomic mass is 10.2. The fourth-order valence-electron chi connectivity index (χ4n) is 0.589. The summed E-state index contributed by atoms with van der Waals surface area (Å²) >= 11 is 0. The molecule has 4 N–H and O–H groups in total. The van der Waals surface area contributed by atoms with Gasteiger partial charge in [0.25, 0.3) is 5.91 Å². The van der Waals surface area contributed by atoms with Crippen molar-refractivity contribution >= 4 is 11.9 Å². The highest BCUT2D eigenvalue weighted by atomic mass is 16.4. The molecular formula is C7H12N2O4. The number of aliphatic hydroxyl groups excluding tert-OH is 1. The first-order valence-electron chi connectivity index (χ1n) is 3.58. The molecular weight excluding hydrogens is 176 g/mol. The molecule has 0 bridgehead atoms. The summed E-state index contributed by atoms with van der Waals surface area (Å²) < 4.78 is 0. The maximum atomic E-state index is 10.6. The monoisotopic (exact) mass is 188 g/mol. The molecule has 0 rings (SSSR count). The summed E-state index contributed by atoms with van der Waals surface area (Å²) in [5, 5.41) is 17.5. The standard InChI is InChI=1S/C7H12N2O4/c1-3-5(11)8-9-6(4(2)10)7(12)13/h3-4,6,9-10H,1H2,2H3,(H,8,11)(H,12,13)/t4-,6+/m1/s1. The van der Waals surface area contributed by atoms with Crippen molar-refractivity contribution < 1.29 is 19.8 Å². The van der Waals surface area contributed by atoms with E-state index in [-0.39, 0.29) is 0 Å². The van der Waals surface area contributed by atoms with Gasteiger partial charge in [0, 0.05) is 0 Å². The molecule has 6 heteroatoms. The van der Waals surface area contributed by atoms with E-state index in [1.165, 1.54) is 6.92 Å². The molecule has 0 aromatic rings. The first kappa shape index (κ1) is 11.6. The van der Waals surface area contributed by atoms with E-state index in [9.17, 15) is 9.59 Å². The van der Waals surface area contributed by atoms with E-state index >= 15 is 0 Å². The maximum Gasteiger partial charge on any atom is 0.325 e. The number of carbonyl (C=O) groups is 2. The molecule has 1 amide bonds. The minimum Gasteiger partial charge on any atom is -0.480 e. The van der Waals surface area contributed by atoms with Crippen LogP contribution in [0.2, 0.25) is 0 Å². The van der Waals surface area contributed by atoms with E-state index < -0.39 is 24.0 Å². The lowest BCUT2D eigenvalue weighted by Crippen LogP contribution is -2.52. The maximum absolute atomic E-state index is 10.6. The lowest BCUT2D eigenvalue weighted by Gasteiger charge is -2.16. The number of aliphatic hydroxyl groups is 1. The van der Waals surface area contributed by atoms with Crippen LogP contribution in [0.1, 0.15) is 6.92 Å². The van der Waals surface area contributed by atoms with Crippen molar-refractivity contribution in [2.24, 2.45) is 0 Å². The third-order valence-corrected chi connectivity index (χ3v) is 1.28. The van der Waals surface area contributed by atoms with Crippen molar-refractivity contribution in [3.8, 4) is 0 Å². The summed E-state index contributed by atoms with van der Waals surface area (Å²) in [6.07, 6.45) is -0.129. The highest BCUT2D eigenvalue weighted by Crippen LogP contribution is 1.90. The number of hydrogen-bond acceptors (Lipinski definition) is 4. The number of carboxylic acids is 1. The van der Waals surface area contributed by atoms with Gasteiger partial charge in [-0.3, -0.25) is 15.0 Å². The average Bonchev–Trinajstić information content (AvgIpc) is 2.03. The van der Waals surface area contributed by atoms with Crippen molar-refractivity contribution in [2.75, 3.05) is 0 Å². The van der Waals surface area contributed by atoms with Crippen LogP contribution in [-0.4, -0.2) is 34.2 Å². The van der Waals surface area contributed by atoms with E-state index in [0.717, 1.165) is 6.08 Å². The lowest BCUT2D eigenvalue weighted by molar-refractivity contribution is -0.142. The molecule has 0 aromatic heterocycles. The quantitative estimate of drug-likeness (QED) is 0.315. The summed E-state index contributed by atoms with van der Waals surface area (Å²) in [4.78, 5) is 21.0. The Morgan fingerprint density at radius 2 is 2.08 bits per heavy atom. The van der Waals surface area contributed by atoms with Gasteiger partial charge in [0.2, 0.25) is 0 Å². The SMILES string of the molecule is C=CC(=O)NN[C@H](C(=O)O)[C@@H](C)O. The minimum atomic E-state index is -1.25. The zero-order valence-corrected chi connectivity index (χ0v) is 7.15. The molecule has 0 fully saturated rings. The van der Waals surface area contributed by atoms with E-state index in [0.29, 0.717) is 0 Å². The Hall–Kier alpha value is -1.40. The molecule has 0 aliphatic carbocycles. The van der Waals surface area contributed by atoms with Crippen LogP contribution in [0, 0.1) is 0 Å². The zero-order valence-electron chi connectivity index (χ0n) is 7.15. The Morgan fingerprint density at radius 3 is 2.38 bits per heavy atom. The Balaban J connectivity index is 4.04. The van der Waals surface area contributed by atoms with Crippen LogP contribution in [0.5, 0.6) is 0 Å². The molecule has 0 heterocycles. The number of hydrazine groups is 1. The van der Waals surface area contributed by atoms with Crippen molar-refractivity contribution in [2.45, 2.75) is 19.1 Å². The van der Waals surface area contributed by atoms with Crippen molar-refractivity contribution in [1.29, 1.82) is 0 Å². The number of carbonyl (C=O) groups excluding carboxylic acids is 1. The van der Waals surface area contributed by atoms with Crippen molar-refractivity contribution in [3.63, 3.8) is 0 Å². The predicted octanol–water partition coefficient (Wildman–Crippen LogP) is -1.37. The first-order valence-corrected chi connectivity index (χ1v) is 3.58. The molecule has 0 unspecified atom stereocenters. The van der Waals surface area contributed by atoms with E-state index in [2.05, 4.69) is 12.0 Å². The van der Waals surface area contributed by atoms with Crippen LogP contribution >= 0.6 is 0 Å². The van der Waals surface area contributed by atoms with E-state index in [1.54, 1.807) is 0 Å². The number of hydrogen-bond donors (Lipinski definition) is 4. The smallest absolute Gasteiger partial charge is 0.325 e. The van der Waals surface area contributed by atoms with Crippen molar-refractivity contribution in [1.82, 2.24) is 10.9 Å². The van der Waals surface area contributed by atoms with Crippen LogP contribution in [0.15, 0.2) is 12.7 Å². The molecule has 2 atom stereocenters. The summed E-state index contributed by atoms with van der Waals surface area (Å²) in [5.74, 6) is -1.81. The van der Waals surface area contributed by atoms with Crippen LogP contribution in [0.25, 0.3) is 0 Å². The molecule has 0 aliphatic rings. The third-order valence-electron chi connectivity index (χ3n) is 1.28. The topological polar surface area (TPSA) is 98.7 Å². The van der Waals surface area contributed by atoms with E-state index in [4.69, 9.17) is 10.2 Å². The van der Waals surface area contributed by atoms with Gasteiger partial charge in [-0.2, -0.15) is 0 Å². The fraction of sp³-hybridized carbons (Fsp3) is 0.429. The average molecular weight is 188 g/mol. The van der Waals surface area contributed by atoms with Gasteiger partial charge in [-0.05, 0) is 13.0 Å². The van der Waals surface area contributed by atoms with Gasteiger partial charge in [-0.1, -0.05) is 6.58 Å². The summed E-state index contributed by atoms with van der Waals surface area (Å²) in [5.41, 5.74) is 4.20. The van der Waals surface area contributed by atoms with Crippen LogP contribution < -0.4 is 10.9 Å². The largest absolute Gasteiger partial charge is 0.480 e. The molecule has 0 radical (unpaired) electrons. The van der Waals surface area contributed by atoms with Crippen molar-refractivity contribution in [3.05, 3.63) is 12.7 Å². The molecule has 0 saturated heterocycles. The number of aliphatic carboxylic acids is 1. The number of rotatable bonds is 5.